The first kappa shape index (κ1) is 13.9. The van der Waals surface area contributed by atoms with Gasteiger partial charge in [-0.3, -0.25) is 4.90 Å². The molecule has 0 amide bonds. The number of quaternary nitrogens is 1. The first-order valence-electron chi connectivity index (χ1n) is 7.39. The summed E-state index contributed by atoms with van der Waals surface area (Å²) in [4.78, 5) is 5.93. The highest BCUT2D eigenvalue weighted by molar-refractivity contribution is 5.91. The number of fused-ring (bicyclic) bond motifs is 1. The van der Waals surface area contributed by atoms with E-state index in [4.69, 9.17) is 9.47 Å². The minimum atomic E-state index is 0.847. The zero-order valence-corrected chi connectivity index (χ0v) is 12.9. The minimum Gasteiger partial charge on any atom is -0.496 e. The Morgan fingerprint density at radius 1 is 1.10 bits per heavy atom. The van der Waals surface area contributed by atoms with Crippen molar-refractivity contribution < 1.29 is 19.8 Å². The predicted octanol–water partition coefficient (Wildman–Crippen LogP) is 0.363. The van der Waals surface area contributed by atoms with Crippen LogP contribution in [-0.2, 0) is 0 Å². The van der Waals surface area contributed by atoms with E-state index in [0.717, 1.165) is 54.4 Å². The van der Waals surface area contributed by atoms with E-state index in [0.29, 0.717) is 0 Å². The molecule has 0 radical (unpaired) electrons. The number of pyridine rings is 1. The zero-order valence-electron chi connectivity index (χ0n) is 12.9. The Labute approximate surface area is 124 Å². The first-order valence-corrected chi connectivity index (χ1v) is 7.39. The molecule has 0 bridgehead atoms. The molecule has 5 heteroatoms. The third-order valence-corrected chi connectivity index (χ3v) is 4.12. The average Bonchev–Trinajstić information content (AvgIpc) is 2.54. The molecule has 2 aromatic rings. The number of hydrogen-bond donors (Lipinski definition) is 1. The van der Waals surface area contributed by atoms with E-state index < -0.39 is 0 Å². The van der Waals surface area contributed by atoms with Crippen molar-refractivity contribution in [1.29, 1.82) is 0 Å². The predicted molar refractivity (Wildman–Crippen MR) is 82.2 cm³/mol. The number of rotatable bonds is 3. The average molecular weight is 289 g/mol. The maximum Gasteiger partial charge on any atom is 0.275 e. The number of aromatic nitrogens is 1. The van der Waals surface area contributed by atoms with Gasteiger partial charge in [0, 0.05) is 6.07 Å². The number of nitrogens with two attached hydrogens (primary N) is 1. The van der Waals surface area contributed by atoms with Crippen LogP contribution in [0.1, 0.15) is 5.56 Å². The van der Waals surface area contributed by atoms with Crippen molar-refractivity contribution >= 4 is 16.7 Å². The third kappa shape index (κ3) is 2.49. The van der Waals surface area contributed by atoms with Gasteiger partial charge in [0.15, 0.2) is 11.3 Å². The summed E-state index contributed by atoms with van der Waals surface area (Å²) in [7, 11) is 3.40. The molecule has 1 aliphatic heterocycles. The van der Waals surface area contributed by atoms with E-state index in [9.17, 15) is 0 Å². The molecule has 0 saturated carbocycles. The van der Waals surface area contributed by atoms with Crippen molar-refractivity contribution in [3.8, 4) is 11.5 Å². The van der Waals surface area contributed by atoms with Gasteiger partial charge in [-0.15, -0.1) is 0 Å². The summed E-state index contributed by atoms with van der Waals surface area (Å²) in [6, 6.07) is 6.11. The highest BCUT2D eigenvalue weighted by atomic mass is 16.5. The molecule has 3 N–H and O–H groups in total. The molecule has 1 aliphatic rings. The summed E-state index contributed by atoms with van der Waals surface area (Å²) < 4.78 is 11.0. The smallest absolute Gasteiger partial charge is 0.275 e. The third-order valence-electron chi connectivity index (χ3n) is 4.12. The van der Waals surface area contributed by atoms with Gasteiger partial charge in [0.2, 0.25) is 0 Å². The Morgan fingerprint density at radius 3 is 2.43 bits per heavy atom. The molecule has 0 atom stereocenters. The summed E-state index contributed by atoms with van der Waals surface area (Å²) in [5, 5.41) is 3.44. The van der Waals surface area contributed by atoms with Crippen molar-refractivity contribution in [2.75, 3.05) is 45.3 Å². The van der Waals surface area contributed by atoms with Crippen LogP contribution in [0.15, 0.2) is 18.2 Å². The van der Waals surface area contributed by atoms with Gasteiger partial charge >= 0.3 is 0 Å². The van der Waals surface area contributed by atoms with Gasteiger partial charge in [-0.05, 0) is 24.6 Å². The normalized spacial score (nSPS) is 15.3. The van der Waals surface area contributed by atoms with Gasteiger partial charge in [0.05, 0.1) is 19.6 Å². The van der Waals surface area contributed by atoms with Crippen molar-refractivity contribution in [2.24, 2.45) is 0 Å². The summed E-state index contributed by atoms with van der Waals surface area (Å²) in [6.07, 6.45) is 0. The monoisotopic (exact) mass is 289 g/mol. The van der Waals surface area contributed by atoms with Gasteiger partial charge in [-0.1, -0.05) is 0 Å². The number of anilines is 1. The lowest BCUT2D eigenvalue weighted by Crippen LogP contribution is -2.90. The van der Waals surface area contributed by atoms with Crippen LogP contribution in [0.5, 0.6) is 11.5 Å². The largest absolute Gasteiger partial charge is 0.496 e. The second-order valence-electron chi connectivity index (χ2n) is 5.41. The Morgan fingerprint density at radius 2 is 1.76 bits per heavy atom. The molecule has 3 rings (SSSR count). The molecule has 1 saturated heterocycles. The molecular formula is C16H23N3O2+2. The highest BCUT2D eigenvalue weighted by Gasteiger charge is 2.23. The minimum absolute atomic E-state index is 0.847. The lowest BCUT2D eigenvalue weighted by Gasteiger charge is -2.21. The molecule has 1 aromatic heterocycles. The van der Waals surface area contributed by atoms with Crippen LogP contribution in [0.4, 0.5) is 5.82 Å². The van der Waals surface area contributed by atoms with Crippen molar-refractivity contribution in [2.45, 2.75) is 6.92 Å². The van der Waals surface area contributed by atoms with Crippen LogP contribution < -0.4 is 24.7 Å². The molecule has 0 aliphatic carbocycles. The zero-order chi connectivity index (χ0) is 14.8. The van der Waals surface area contributed by atoms with E-state index in [1.807, 2.05) is 12.1 Å². The molecule has 2 heterocycles. The summed E-state index contributed by atoms with van der Waals surface area (Å²) in [5.74, 6) is 2.87. The number of benzene rings is 1. The second-order valence-corrected chi connectivity index (χ2v) is 5.41. The molecule has 1 aromatic carbocycles. The molecule has 5 nitrogen and oxygen atoms in total. The molecule has 112 valence electrons. The fourth-order valence-corrected chi connectivity index (χ4v) is 3.02. The highest BCUT2D eigenvalue weighted by Crippen LogP contribution is 2.33. The van der Waals surface area contributed by atoms with Gasteiger partial charge in [-0.2, -0.15) is 0 Å². The Hall–Kier alpha value is -2.01. The Kier molecular flexibility index (Phi) is 3.84. The number of aryl methyl sites for hydroxylation is 1. The topological polar surface area (TPSA) is 52.5 Å². The van der Waals surface area contributed by atoms with Crippen LogP contribution in [-0.4, -0.2) is 40.4 Å². The van der Waals surface area contributed by atoms with Gasteiger partial charge in [-0.25, -0.2) is 4.98 Å². The lowest BCUT2D eigenvalue weighted by molar-refractivity contribution is -0.656. The standard InChI is InChI=1S/C16H21N3O2/c1-11-10-14(19-8-6-17-7-9-19)18-16-13(21-3)5-4-12(20-2)15(11)16/h4-5,10,17H,6-9H2,1-3H3/p+2. The van der Waals surface area contributed by atoms with Gasteiger partial charge < -0.3 is 14.8 Å². The second kappa shape index (κ2) is 5.77. The number of aromatic amines is 1. The molecule has 0 unspecified atom stereocenters. The van der Waals surface area contributed by atoms with Gasteiger partial charge in [0.1, 0.15) is 31.9 Å². The van der Waals surface area contributed by atoms with E-state index in [-0.39, 0.29) is 0 Å². The Balaban J connectivity index is 2.17. The lowest BCUT2D eigenvalue weighted by atomic mass is 10.1. The van der Waals surface area contributed by atoms with Crippen LogP contribution in [0.25, 0.3) is 10.9 Å². The maximum absolute atomic E-state index is 5.51. The summed E-state index contributed by atoms with van der Waals surface area (Å²) in [5.41, 5.74) is 2.20. The molecular weight excluding hydrogens is 266 g/mol. The van der Waals surface area contributed by atoms with E-state index in [1.54, 1.807) is 14.2 Å². The van der Waals surface area contributed by atoms with Crippen LogP contribution in [0.2, 0.25) is 0 Å². The maximum atomic E-state index is 5.51. The first-order chi connectivity index (χ1) is 10.2. The molecule has 1 fully saturated rings. The van der Waals surface area contributed by atoms with E-state index in [2.05, 4.69) is 28.2 Å². The summed E-state index contributed by atoms with van der Waals surface area (Å²) in [6.45, 7) is 6.53. The number of nitrogens with one attached hydrogen (secondary N) is 1. The summed E-state index contributed by atoms with van der Waals surface area (Å²) >= 11 is 0. The number of H-pyrrole nitrogens is 1. The van der Waals surface area contributed by atoms with Gasteiger partial charge in [0.25, 0.3) is 5.82 Å². The van der Waals surface area contributed by atoms with Crippen molar-refractivity contribution in [3.05, 3.63) is 23.8 Å². The number of hydrogen-bond acceptors (Lipinski definition) is 3. The van der Waals surface area contributed by atoms with Crippen LogP contribution in [0.3, 0.4) is 0 Å². The van der Waals surface area contributed by atoms with E-state index in [1.165, 1.54) is 5.56 Å². The fraction of sp³-hybridized carbons (Fsp3) is 0.438. The number of methoxy groups -OCH3 is 2. The Bertz CT molecular complexity index is 652. The van der Waals surface area contributed by atoms with Crippen molar-refractivity contribution in [3.63, 3.8) is 0 Å². The quantitative estimate of drug-likeness (QED) is 0.888. The number of nitrogens with zero attached hydrogens (tertiary/aromatic N) is 1. The number of ether oxygens (including phenoxy) is 2. The van der Waals surface area contributed by atoms with Crippen LogP contribution in [0, 0.1) is 6.92 Å². The molecule has 0 spiro atoms. The number of piperazine rings is 1. The fourth-order valence-electron chi connectivity index (χ4n) is 3.02. The van der Waals surface area contributed by atoms with Crippen molar-refractivity contribution in [1.82, 2.24) is 0 Å². The molecule has 21 heavy (non-hydrogen) atoms. The SMILES string of the molecule is COc1ccc(OC)c2c(C)cc(N3CC[NH2+]CC3)[nH+]c12. The van der Waals surface area contributed by atoms with E-state index >= 15 is 0 Å². The van der Waals surface area contributed by atoms with Crippen LogP contribution >= 0.6 is 0 Å².